The van der Waals surface area contributed by atoms with Gasteiger partial charge in [0.2, 0.25) is 0 Å². The molecule has 0 spiro atoms. The number of carbonyl (C=O) groups is 1. The van der Waals surface area contributed by atoms with Crippen LogP contribution in [-0.2, 0) is 9.78 Å². The summed E-state index contributed by atoms with van der Waals surface area (Å²) < 4.78 is 0. The average Bonchev–Trinajstić information content (AvgIpc) is 3.71. The number of hydrogen-bond donors (Lipinski definition) is 1. The molecule has 174 valence electrons. The molecule has 3 heterocycles. The molecule has 1 atom stereocenters. The number of anilines is 1. The molecule has 2 aromatic heterocycles. The van der Waals surface area contributed by atoms with Crippen molar-refractivity contribution in [3.63, 3.8) is 0 Å². The fourth-order valence-electron chi connectivity index (χ4n) is 4.41. The van der Waals surface area contributed by atoms with Gasteiger partial charge in [-0.25, -0.2) is 9.78 Å². The maximum Gasteiger partial charge on any atom is 0.443 e. The third-order valence-electron chi connectivity index (χ3n) is 6.22. The molecular formula is C25H25N5O4. The molecule has 1 amide bonds. The number of carbonyl (C=O) groups excluding carboxylic acids is 1. The molecule has 2 fully saturated rings. The summed E-state index contributed by atoms with van der Waals surface area (Å²) in [6, 6.07) is 12.3. The monoisotopic (exact) mass is 459 g/mol. The number of fused-ring (bicyclic) bond motifs is 1. The summed E-state index contributed by atoms with van der Waals surface area (Å²) in [4.78, 5) is 33.8. The molecule has 0 radical (unpaired) electrons. The average molecular weight is 460 g/mol. The van der Waals surface area contributed by atoms with E-state index in [4.69, 9.17) is 9.87 Å². The highest BCUT2D eigenvalue weighted by molar-refractivity contribution is 5.97. The minimum Gasteiger partial charge on any atom is -0.371 e. The van der Waals surface area contributed by atoms with Gasteiger partial charge in [-0.1, -0.05) is 18.2 Å². The van der Waals surface area contributed by atoms with E-state index in [1.54, 1.807) is 13.1 Å². The molecule has 3 aromatic rings. The lowest BCUT2D eigenvalue weighted by molar-refractivity contribution is -0.246. The first-order valence-corrected chi connectivity index (χ1v) is 11.4. The van der Waals surface area contributed by atoms with Crippen molar-refractivity contribution in [2.24, 2.45) is 0 Å². The minimum atomic E-state index is -1.11. The molecule has 5 rings (SSSR count). The van der Waals surface area contributed by atoms with E-state index < -0.39 is 12.3 Å². The van der Waals surface area contributed by atoms with Crippen LogP contribution in [0.5, 0.6) is 0 Å². The molecule has 0 bridgehead atoms. The predicted octanol–water partition coefficient (Wildman–Crippen LogP) is 3.57. The molecule has 2 aliphatic rings. The number of hydrogen-bond acceptors (Lipinski definition) is 8. The third kappa shape index (κ3) is 4.14. The molecule has 1 saturated heterocycles. The number of rotatable bonds is 5. The SMILES string of the molecule is CCOOC(=O)N1CCN(c2nc(C3CC3)c(-c3cccc4cnccc34)cc2C#N)C[C@H]1O. The number of nitriles is 1. The Labute approximate surface area is 197 Å². The van der Waals surface area contributed by atoms with Gasteiger partial charge in [0.1, 0.15) is 18.1 Å². The van der Waals surface area contributed by atoms with Gasteiger partial charge in [-0.15, -0.1) is 0 Å². The molecule has 0 unspecified atom stereocenters. The molecule has 34 heavy (non-hydrogen) atoms. The Hall–Kier alpha value is -3.74. The Morgan fingerprint density at radius 3 is 2.85 bits per heavy atom. The van der Waals surface area contributed by atoms with Gasteiger partial charge in [-0.05, 0) is 42.8 Å². The number of nitrogens with zero attached hydrogens (tertiary/aromatic N) is 5. The van der Waals surface area contributed by atoms with E-state index >= 15 is 0 Å². The van der Waals surface area contributed by atoms with Crippen LogP contribution in [-0.4, -0.2) is 58.5 Å². The normalized spacial score (nSPS) is 18.1. The summed E-state index contributed by atoms with van der Waals surface area (Å²) in [6.07, 6.45) is 3.87. The molecule has 1 N–H and O–H groups in total. The number of amides is 1. The summed E-state index contributed by atoms with van der Waals surface area (Å²) in [5.74, 6) is 0.873. The summed E-state index contributed by atoms with van der Waals surface area (Å²) in [7, 11) is 0. The van der Waals surface area contributed by atoms with Crippen LogP contribution in [0.15, 0.2) is 42.7 Å². The van der Waals surface area contributed by atoms with E-state index in [1.165, 1.54) is 4.90 Å². The molecule has 9 heteroatoms. The smallest absolute Gasteiger partial charge is 0.371 e. The van der Waals surface area contributed by atoms with Crippen molar-refractivity contribution < 1.29 is 19.7 Å². The summed E-state index contributed by atoms with van der Waals surface area (Å²) in [6.45, 7) is 2.67. The van der Waals surface area contributed by atoms with E-state index in [-0.39, 0.29) is 19.7 Å². The van der Waals surface area contributed by atoms with Crippen molar-refractivity contribution in [2.45, 2.75) is 31.9 Å². The summed E-state index contributed by atoms with van der Waals surface area (Å²) in [5, 5.41) is 22.7. The second-order valence-corrected chi connectivity index (χ2v) is 8.46. The number of pyridine rings is 2. The first-order valence-electron chi connectivity index (χ1n) is 11.4. The van der Waals surface area contributed by atoms with Gasteiger partial charge >= 0.3 is 6.09 Å². The van der Waals surface area contributed by atoms with Crippen LogP contribution in [0.25, 0.3) is 21.9 Å². The second kappa shape index (κ2) is 9.25. The van der Waals surface area contributed by atoms with Crippen LogP contribution in [0.4, 0.5) is 10.6 Å². The highest BCUT2D eigenvalue weighted by atomic mass is 17.2. The number of aliphatic hydroxyl groups excluding tert-OH is 1. The van der Waals surface area contributed by atoms with Gasteiger partial charge in [0.25, 0.3) is 0 Å². The zero-order valence-corrected chi connectivity index (χ0v) is 18.8. The Kier molecular flexibility index (Phi) is 6.01. The molecule has 1 aromatic carbocycles. The Morgan fingerprint density at radius 1 is 1.26 bits per heavy atom. The first kappa shape index (κ1) is 22.1. The van der Waals surface area contributed by atoms with Crippen molar-refractivity contribution >= 4 is 22.7 Å². The van der Waals surface area contributed by atoms with Gasteiger partial charge in [0.05, 0.1) is 24.4 Å². The standard InChI is InChI=1S/C25H25N5O4/c1-2-33-34-25(32)30-11-10-29(15-22(30)31)24-18(13-26)12-21(23(28-24)16-6-7-16)20-5-3-4-17-14-27-9-8-19(17)20/h3-5,8-9,12,14,16,22,31H,2,6-7,10-11,15H2,1H3/t22-/m1/s1. The van der Waals surface area contributed by atoms with Crippen LogP contribution in [0.3, 0.4) is 0 Å². The van der Waals surface area contributed by atoms with E-state index in [2.05, 4.69) is 22.0 Å². The number of aliphatic hydroxyl groups is 1. The van der Waals surface area contributed by atoms with Crippen LogP contribution >= 0.6 is 0 Å². The van der Waals surface area contributed by atoms with Crippen molar-refractivity contribution in [3.05, 3.63) is 54.0 Å². The summed E-state index contributed by atoms with van der Waals surface area (Å²) in [5.41, 5.74) is 3.38. The first-order chi connectivity index (χ1) is 16.6. The van der Waals surface area contributed by atoms with Gasteiger partial charge in [0, 0.05) is 42.4 Å². The highest BCUT2D eigenvalue weighted by Crippen LogP contribution is 2.46. The van der Waals surface area contributed by atoms with Crippen molar-refractivity contribution in [3.8, 4) is 17.2 Å². The second-order valence-electron chi connectivity index (χ2n) is 8.46. The van der Waals surface area contributed by atoms with E-state index in [9.17, 15) is 15.2 Å². The fraction of sp³-hybridized carbons (Fsp3) is 0.360. The Balaban J connectivity index is 1.50. The third-order valence-corrected chi connectivity index (χ3v) is 6.22. The van der Waals surface area contributed by atoms with E-state index in [1.807, 2.05) is 35.4 Å². The van der Waals surface area contributed by atoms with Crippen molar-refractivity contribution in [1.29, 1.82) is 5.26 Å². The minimum absolute atomic E-state index is 0.117. The topological polar surface area (TPSA) is 112 Å². The van der Waals surface area contributed by atoms with Crippen LogP contribution in [0.2, 0.25) is 0 Å². The number of β-amino-alcohol motifs (C(OH)–C–C–N with tert-alkyl or cyclic N) is 1. The lowest BCUT2D eigenvalue weighted by Gasteiger charge is -2.38. The highest BCUT2D eigenvalue weighted by Gasteiger charge is 2.34. The molecule has 1 aliphatic carbocycles. The van der Waals surface area contributed by atoms with E-state index in [0.717, 1.165) is 40.4 Å². The van der Waals surface area contributed by atoms with Crippen molar-refractivity contribution in [1.82, 2.24) is 14.9 Å². The number of benzene rings is 1. The predicted molar refractivity (Wildman–Crippen MR) is 125 cm³/mol. The van der Waals surface area contributed by atoms with Crippen LogP contribution in [0.1, 0.15) is 36.9 Å². The maximum absolute atomic E-state index is 12.1. The largest absolute Gasteiger partial charge is 0.443 e. The lowest BCUT2D eigenvalue weighted by atomic mass is 9.95. The molecule has 1 aliphatic heterocycles. The van der Waals surface area contributed by atoms with Gasteiger partial charge in [-0.2, -0.15) is 10.1 Å². The van der Waals surface area contributed by atoms with Gasteiger partial charge < -0.3 is 10.0 Å². The Bertz CT molecular complexity index is 1260. The van der Waals surface area contributed by atoms with Gasteiger partial charge in [-0.3, -0.25) is 14.8 Å². The molecular weight excluding hydrogens is 434 g/mol. The quantitative estimate of drug-likeness (QED) is 0.455. The summed E-state index contributed by atoms with van der Waals surface area (Å²) >= 11 is 0. The van der Waals surface area contributed by atoms with E-state index in [0.29, 0.717) is 23.8 Å². The number of piperazine rings is 1. The Morgan fingerprint density at radius 2 is 2.12 bits per heavy atom. The fourth-order valence-corrected chi connectivity index (χ4v) is 4.41. The van der Waals surface area contributed by atoms with Crippen molar-refractivity contribution in [2.75, 3.05) is 31.1 Å². The maximum atomic E-state index is 12.1. The molecule has 9 nitrogen and oxygen atoms in total. The molecule has 1 saturated carbocycles. The van der Waals surface area contributed by atoms with Crippen LogP contribution in [0, 0.1) is 11.3 Å². The zero-order chi connectivity index (χ0) is 23.7. The lowest BCUT2D eigenvalue weighted by Crippen LogP contribution is -2.55. The van der Waals surface area contributed by atoms with Gasteiger partial charge in [0.15, 0.2) is 0 Å². The zero-order valence-electron chi connectivity index (χ0n) is 18.8. The van der Waals surface area contributed by atoms with Crippen LogP contribution < -0.4 is 4.90 Å². The number of aromatic nitrogens is 2.